The van der Waals surface area contributed by atoms with Crippen LogP contribution in [0.5, 0.6) is 0 Å². The van der Waals surface area contributed by atoms with Gasteiger partial charge in [0.2, 0.25) is 0 Å². The van der Waals surface area contributed by atoms with Crippen molar-refractivity contribution in [2.24, 2.45) is 0 Å². The first-order chi connectivity index (χ1) is 5.24. The maximum Gasteiger partial charge on any atom is 0.304 e. The molecule has 0 amide bonds. The third kappa shape index (κ3) is 3.36. The summed E-state index contributed by atoms with van der Waals surface area (Å²) >= 11 is 0. The van der Waals surface area contributed by atoms with Gasteiger partial charge in [-0.3, -0.25) is 0 Å². The van der Waals surface area contributed by atoms with E-state index < -0.39 is 10.0 Å². The Morgan fingerprint density at radius 3 is 1.82 bits per heavy atom. The second-order valence-corrected chi connectivity index (χ2v) is 3.90. The zero-order chi connectivity index (χ0) is 8.74. The topological polar surface area (TPSA) is 18.5 Å². The van der Waals surface area contributed by atoms with Crippen molar-refractivity contribution in [3.05, 3.63) is 0 Å². The fraction of sp³-hybridized carbons (Fsp3) is 1.00. The Morgan fingerprint density at radius 2 is 1.55 bits per heavy atom. The molecule has 0 aromatic rings. The molecular weight excluding hydrogens is 156 g/mol. The summed E-state index contributed by atoms with van der Waals surface area (Å²) in [6.07, 6.45) is 3.28. The molecular formula is C8H20O2Si. The normalized spacial score (nSPS) is 13.1. The van der Waals surface area contributed by atoms with E-state index in [4.69, 9.17) is 8.85 Å². The molecule has 0 aromatic heterocycles. The SMILES string of the molecule is CCC(CC)(CC)O[SiH2]OC. The maximum atomic E-state index is 5.74. The Bertz CT molecular complexity index is 83.8. The lowest BCUT2D eigenvalue weighted by Crippen LogP contribution is -2.32. The van der Waals surface area contributed by atoms with Crippen LogP contribution in [0.3, 0.4) is 0 Å². The third-order valence-electron chi connectivity index (χ3n) is 2.42. The van der Waals surface area contributed by atoms with Crippen molar-refractivity contribution < 1.29 is 8.85 Å². The van der Waals surface area contributed by atoms with Crippen molar-refractivity contribution in [2.45, 2.75) is 45.6 Å². The fourth-order valence-electron chi connectivity index (χ4n) is 1.24. The van der Waals surface area contributed by atoms with Gasteiger partial charge in [0.15, 0.2) is 0 Å². The second kappa shape index (κ2) is 5.74. The molecule has 68 valence electrons. The molecule has 0 aliphatic rings. The molecule has 0 aliphatic heterocycles. The van der Waals surface area contributed by atoms with E-state index in [-0.39, 0.29) is 5.60 Å². The summed E-state index contributed by atoms with van der Waals surface area (Å²) in [5.41, 5.74) is 0.113. The summed E-state index contributed by atoms with van der Waals surface area (Å²) in [5.74, 6) is 0. The first-order valence-corrected chi connectivity index (χ1v) is 5.53. The summed E-state index contributed by atoms with van der Waals surface area (Å²) in [7, 11) is 1.00. The molecule has 0 unspecified atom stereocenters. The minimum absolute atomic E-state index is 0.113. The molecule has 3 heteroatoms. The minimum Gasteiger partial charge on any atom is -0.402 e. The van der Waals surface area contributed by atoms with Gasteiger partial charge < -0.3 is 8.85 Å². The van der Waals surface area contributed by atoms with Gasteiger partial charge in [-0.05, 0) is 19.3 Å². The van der Waals surface area contributed by atoms with Crippen molar-refractivity contribution in [1.82, 2.24) is 0 Å². The lowest BCUT2D eigenvalue weighted by molar-refractivity contribution is 0.0403. The first-order valence-electron chi connectivity index (χ1n) is 4.37. The molecule has 0 atom stereocenters. The van der Waals surface area contributed by atoms with Crippen LogP contribution in [-0.4, -0.2) is 22.7 Å². The van der Waals surface area contributed by atoms with E-state index in [2.05, 4.69) is 20.8 Å². The van der Waals surface area contributed by atoms with Gasteiger partial charge in [0, 0.05) is 7.11 Å². The lowest BCUT2D eigenvalue weighted by Gasteiger charge is -2.30. The highest BCUT2D eigenvalue weighted by atomic mass is 28.3. The van der Waals surface area contributed by atoms with Crippen molar-refractivity contribution in [3.63, 3.8) is 0 Å². The first kappa shape index (κ1) is 11.1. The van der Waals surface area contributed by atoms with Gasteiger partial charge in [0.05, 0.1) is 5.60 Å². The molecule has 0 heterocycles. The standard InChI is InChI=1S/C8H20O2Si/c1-5-8(6-2,7-3)10-11-9-4/h5-7,11H2,1-4H3. The van der Waals surface area contributed by atoms with Gasteiger partial charge in [-0.15, -0.1) is 0 Å². The number of hydrogen-bond donors (Lipinski definition) is 0. The highest BCUT2D eigenvalue weighted by Crippen LogP contribution is 2.23. The van der Waals surface area contributed by atoms with Crippen LogP contribution in [-0.2, 0) is 8.85 Å². The van der Waals surface area contributed by atoms with Crippen molar-refractivity contribution in [1.29, 1.82) is 0 Å². The summed E-state index contributed by atoms with van der Waals surface area (Å²) in [5, 5.41) is 0. The van der Waals surface area contributed by atoms with Crippen LogP contribution in [0.25, 0.3) is 0 Å². The summed E-state index contributed by atoms with van der Waals surface area (Å²) in [6, 6.07) is 0. The molecule has 0 aromatic carbocycles. The van der Waals surface area contributed by atoms with Gasteiger partial charge >= 0.3 is 10.0 Å². The average Bonchev–Trinajstić information content (AvgIpc) is 2.08. The highest BCUT2D eigenvalue weighted by Gasteiger charge is 2.23. The fourth-order valence-corrected chi connectivity index (χ4v) is 2.22. The molecule has 0 spiro atoms. The summed E-state index contributed by atoms with van der Waals surface area (Å²) in [6.45, 7) is 6.53. The lowest BCUT2D eigenvalue weighted by atomic mass is 9.95. The second-order valence-electron chi connectivity index (χ2n) is 2.79. The highest BCUT2D eigenvalue weighted by molar-refractivity contribution is 6.18. The van der Waals surface area contributed by atoms with Gasteiger partial charge in [-0.1, -0.05) is 20.8 Å². The van der Waals surface area contributed by atoms with E-state index in [1.807, 2.05) is 0 Å². The van der Waals surface area contributed by atoms with Crippen LogP contribution in [0.4, 0.5) is 0 Å². The Labute approximate surface area is 72.3 Å². The monoisotopic (exact) mass is 176 g/mol. The summed E-state index contributed by atoms with van der Waals surface area (Å²) in [4.78, 5) is 0. The van der Waals surface area contributed by atoms with Crippen molar-refractivity contribution in [2.75, 3.05) is 7.11 Å². The van der Waals surface area contributed by atoms with Crippen LogP contribution in [0.2, 0.25) is 0 Å². The molecule has 11 heavy (non-hydrogen) atoms. The molecule has 0 aliphatic carbocycles. The molecule has 0 fully saturated rings. The number of hydrogen-bond acceptors (Lipinski definition) is 2. The van der Waals surface area contributed by atoms with E-state index in [0.717, 1.165) is 19.3 Å². The quantitative estimate of drug-likeness (QED) is 0.573. The van der Waals surface area contributed by atoms with E-state index in [0.29, 0.717) is 0 Å². The zero-order valence-corrected chi connectivity index (χ0v) is 9.56. The molecule has 0 saturated heterocycles. The van der Waals surface area contributed by atoms with Gasteiger partial charge in [0.1, 0.15) is 0 Å². The molecule has 0 bridgehead atoms. The van der Waals surface area contributed by atoms with E-state index in [1.165, 1.54) is 0 Å². The Morgan fingerprint density at radius 1 is 1.09 bits per heavy atom. The van der Waals surface area contributed by atoms with E-state index in [9.17, 15) is 0 Å². The van der Waals surface area contributed by atoms with Gasteiger partial charge in [0.25, 0.3) is 0 Å². The van der Waals surface area contributed by atoms with Crippen LogP contribution in [0.1, 0.15) is 40.0 Å². The molecule has 0 radical (unpaired) electrons. The predicted molar refractivity (Wildman–Crippen MR) is 50.2 cm³/mol. The van der Waals surface area contributed by atoms with Crippen LogP contribution in [0.15, 0.2) is 0 Å². The zero-order valence-electron chi connectivity index (χ0n) is 8.14. The summed E-state index contributed by atoms with van der Waals surface area (Å²) < 4.78 is 10.8. The molecule has 0 rings (SSSR count). The third-order valence-corrected chi connectivity index (χ3v) is 3.38. The Balaban J connectivity index is 3.84. The van der Waals surface area contributed by atoms with Crippen LogP contribution in [0, 0.1) is 0 Å². The van der Waals surface area contributed by atoms with E-state index in [1.54, 1.807) is 7.11 Å². The molecule has 0 saturated carbocycles. The van der Waals surface area contributed by atoms with Crippen molar-refractivity contribution in [3.8, 4) is 0 Å². The molecule has 0 N–H and O–H groups in total. The Kier molecular flexibility index (Phi) is 5.82. The van der Waals surface area contributed by atoms with E-state index >= 15 is 0 Å². The van der Waals surface area contributed by atoms with Crippen LogP contribution >= 0.6 is 0 Å². The molecule has 2 nitrogen and oxygen atoms in total. The minimum atomic E-state index is -0.715. The van der Waals surface area contributed by atoms with Gasteiger partial charge in [-0.2, -0.15) is 0 Å². The number of rotatable bonds is 6. The smallest absolute Gasteiger partial charge is 0.304 e. The predicted octanol–water partition coefficient (Wildman–Crippen LogP) is 1.62. The average molecular weight is 176 g/mol. The van der Waals surface area contributed by atoms with Gasteiger partial charge in [-0.25, -0.2) is 0 Å². The largest absolute Gasteiger partial charge is 0.402 e. The maximum absolute atomic E-state index is 5.74. The van der Waals surface area contributed by atoms with Crippen molar-refractivity contribution >= 4 is 10.0 Å². The van der Waals surface area contributed by atoms with Crippen LogP contribution < -0.4 is 0 Å². The Hall–Kier alpha value is 0.137.